The number of piperazine rings is 1. The van der Waals surface area contributed by atoms with Crippen LogP contribution in [0, 0.1) is 20.8 Å². The second-order valence-corrected chi connectivity index (χ2v) is 8.70. The Balaban J connectivity index is 1.73. The van der Waals surface area contributed by atoms with Gasteiger partial charge in [-0.1, -0.05) is 24.3 Å². The lowest BCUT2D eigenvalue weighted by Crippen LogP contribution is -2.48. The molecule has 0 aliphatic carbocycles. The largest absolute Gasteiger partial charge is 0.333 e. The predicted octanol–water partition coefficient (Wildman–Crippen LogP) is 2.71. The first-order valence-electron chi connectivity index (χ1n) is 8.82. The normalized spacial score (nSPS) is 17.0. The molecule has 2 heterocycles. The van der Waals surface area contributed by atoms with E-state index in [1.807, 2.05) is 12.1 Å². The lowest BCUT2D eigenvalue weighted by atomic mass is 10.1. The van der Waals surface area contributed by atoms with Gasteiger partial charge in [0, 0.05) is 32.7 Å². The summed E-state index contributed by atoms with van der Waals surface area (Å²) < 4.78 is 53.9. The van der Waals surface area contributed by atoms with Crippen molar-refractivity contribution in [3.8, 4) is 0 Å². The molecule has 27 heavy (non-hydrogen) atoms. The molecule has 1 saturated heterocycles. The first-order valence-corrected chi connectivity index (χ1v) is 10.3. The summed E-state index contributed by atoms with van der Waals surface area (Å²) in [5.74, 6) is 0. The minimum atomic E-state index is -3.85. The molecular formula is C18H24F2N4O2S. The van der Waals surface area contributed by atoms with Crippen molar-refractivity contribution in [2.24, 2.45) is 0 Å². The van der Waals surface area contributed by atoms with Crippen LogP contribution >= 0.6 is 0 Å². The first-order chi connectivity index (χ1) is 12.7. The van der Waals surface area contributed by atoms with Crippen LogP contribution in [-0.2, 0) is 16.6 Å². The second-order valence-electron chi connectivity index (χ2n) is 6.83. The van der Waals surface area contributed by atoms with Gasteiger partial charge < -0.3 is 0 Å². The summed E-state index contributed by atoms with van der Waals surface area (Å²) in [6, 6.07) is 8.12. The average molecular weight is 398 g/mol. The van der Waals surface area contributed by atoms with Crippen LogP contribution in [0.2, 0.25) is 0 Å². The molecule has 0 radical (unpaired) electrons. The van der Waals surface area contributed by atoms with E-state index in [4.69, 9.17) is 0 Å². The summed E-state index contributed by atoms with van der Waals surface area (Å²) >= 11 is 0. The monoisotopic (exact) mass is 398 g/mol. The third kappa shape index (κ3) is 3.90. The molecule has 9 heteroatoms. The predicted molar refractivity (Wildman–Crippen MR) is 98.2 cm³/mol. The fourth-order valence-electron chi connectivity index (χ4n) is 3.50. The molecule has 1 fully saturated rings. The van der Waals surface area contributed by atoms with Crippen LogP contribution in [0.4, 0.5) is 8.78 Å². The van der Waals surface area contributed by atoms with Gasteiger partial charge in [-0.2, -0.15) is 18.2 Å². The fraction of sp³-hybridized carbons (Fsp3) is 0.500. The van der Waals surface area contributed by atoms with Crippen LogP contribution in [0.25, 0.3) is 0 Å². The zero-order valence-corrected chi connectivity index (χ0v) is 16.5. The Hall–Kier alpha value is -1.84. The molecule has 1 aliphatic heterocycles. The summed E-state index contributed by atoms with van der Waals surface area (Å²) in [6.45, 7) is 4.62. The molecule has 0 amide bonds. The second kappa shape index (κ2) is 7.65. The molecule has 1 aliphatic rings. The molecule has 1 aromatic carbocycles. The average Bonchev–Trinajstić information content (AvgIpc) is 2.93. The molecule has 3 rings (SSSR count). The summed E-state index contributed by atoms with van der Waals surface area (Å²) in [5, 5.41) is 3.70. The highest BCUT2D eigenvalue weighted by Gasteiger charge is 2.34. The van der Waals surface area contributed by atoms with Crippen molar-refractivity contribution in [1.82, 2.24) is 19.0 Å². The summed E-state index contributed by atoms with van der Waals surface area (Å²) in [7, 11) is -3.85. The highest BCUT2D eigenvalue weighted by molar-refractivity contribution is 7.89. The zero-order valence-electron chi connectivity index (χ0n) is 15.7. The van der Waals surface area contributed by atoms with Gasteiger partial charge in [0.25, 0.3) is 0 Å². The number of halogens is 2. The van der Waals surface area contributed by atoms with E-state index in [1.165, 1.54) is 29.3 Å². The van der Waals surface area contributed by atoms with E-state index in [0.717, 1.165) is 6.54 Å². The lowest BCUT2D eigenvalue weighted by Gasteiger charge is -2.34. The Morgan fingerprint density at radius 3 is 2.26 bits per heavy atom. The van der Waals surface area contributed by atoms with Gasteiger partial charge in [-0.25, -0.2) is 13.1 Å². The highest BCUT2D eigenvalue weighted by atomic mass is 32.2. The van der Waals surface area contributed by atoms with Crippen molar-refractivity contribution >= 4 is 10.0 Å². The summed E-state index contributed by atoms with van der Waals surface area (Å²) in [6.07, 6.45) is 0. The van der Waals surface area contributed by atoms with Crippen LogP contribution in [0.1, 0.15) is 29.1 Å². The number of rotatable bonds is 5. The number of alkyl halides is 2. The van der Waals surface area contributed by atoms with E-state index >= 15 is 0 Å². The van der Waals surface area contributed by atoms with Crippen molar-refractivity contribution in [2.45, 2.75) is 38.8 Å². The Morgan fingerprint density at radius 2 is 1.70 bits per heavy atom. The van der Waals surface area contributed by atoms with Crippen molar-refractivity contribution in [3.63, 3.8) is 0 Å². The topological polar surface area (TPSA) is 58.4 Å². The molecular weight excluding hydrogens is 374 g/mol. The van der Waals surface area contributed by atoms with Crippen molar-refractivity contribution in [2.75, 3.05) is 26.2 Å². The first kappa shape index (κ1) is 19.9. The van der Waals surface area contributed by atoms with Gasteiger partial charge in [0.2, 0.25) is 10.0 Å². The minimum Gasteiger partial charge on any atom is -0.296 e. The number of hydrogen-bond donors (Lipinski definition) is 0. The van der Waals surface area contributed by atoms with E-state index in [9.17, 15) is 17.2 Å². The van der Waals surface area contributed by atoms with Crippen LogP contribution in [0.5, 0.6) is 0 Å². The number of aryl methyl sites for hydroxylation is 2. The fourth-order valence-corrected chi connectivity index (χ4v) is 5.28. The Kier molecular flexibility index (Phi) is 5.64. The maximum atomic E-state index is 13.0. The number of sulfonamides is 1. The Labute approximate surface area is 158 Å². The van der Waals surface area contributed by atoms with Crippen molar-refractivity contribution in [1.29, 1.82) is 0 Å². The number of hydrogen-bond acceptors (Lipinski definition) is 4. The molecule has 0 spiro atoms. The maximum Gasteiger partial charge on any atom is 0.333 e. The number of aromatic nitrogens is 2. The molecule has 0 saturated carbocycles. The van der Waals surface area contributed by atoms with Crippen molar-refractivity contribution < 1.29 is 17.2 Å². The standard InChI is InChI=1S/C18H24F2N4O2S/c1-13-6-4-5-7-16(13)12-22-8-10-23(11-9-22)27(25,26)17-14(2)21-24(15(17)3)18(19)20/h4-7,18H,8-12H2,1-3H3. The summed E-state index contributed by atoms with van der Waals surface area (Å²) in [5.41, 5.74) is 2.51. The van der Waals surface area contributed by atoms with E-state index in [-0.39, 0.29) is 16.3 Å². The number of nitrogens with zero attached hydrogens (tertiary/aromatic N) is 4. The summed E-state index contributed by atoms with van der Waals surface area (Å²) in [4.78, 5) is 2.10. The Bertz CT molecular complexity index is 919. The SMILES string of the molecule is Cc1ccccc1CN1CCN(S(=O)(=O)c2c(C)nn(C(F)F)c2C)CC1. The smallest absolute Gasteiger partial charge is 0.296 e. The van der Waals surface area contributed by atoms with Gasteiger partial charge in [-0.3, -0.25) is 4.90 Å². The van der Waals surface area contributed by atoms with E-state index < -0.39 is 16.6 Å². The van der Waals surface area contributed by atoms with Gasteiger partial charge in [0.05, 0.1) is 11.4 Å². The zero-order chi connectivity index (χ0) is 19.8. The third-order valence-electron chi connectivity index (χ3n) is 5.03. The molecule has 0 unspecified atom stereocenters. The maximum absolute atomic E-state index is 13.0. The molecule has 148 valence electrons. The van der Waals surface area contributed by atoms with Gasteiger partial charge >= 0.3 is 6.55 Å². The quantitative estimate of drug-likeness (QED) is 0.777. The van der Waals surface area contributed by atoms with E-state index in [2.05, 4.69) is 29.1 Å². The van der Waals surface area contributed by atoms with Gasteiger partial charge in [-0.15, -0.1) is 0 Å². The molecule has 6 nitrogen and oxygen atoms in total. The lowest BCUT2D eigenvalue weighted by molar-refractivity contribution is 0.0538. The van der Waals surface area contributed by atoms with E-state index in [0.29, 0.717) is 30.9 Å². The van der Waals surface area contributed by atoms with Gasteiger partial charge in [-0.05, 0) is 31.9 Å². The van der Waals surface area contributed by atoms with Gasteiger partial charge in [0.1, 0.15) is 4.90 Å². The molecule has 1 aromatic heterocycles. The highest BCUT2D eigenvalue weighted by Crippen LogP contribution is 2.27. The molecule has 2 aromatic rings. The van der Waals surface area contributed by atoms with Crippen LogP contribution in [0.15, 0.2) is 29.2 Å². The molecule has 0 bridgehead atoms. The van der Waals surface area contributed by atoms with Crippen LogP contribution in [0.3, 0.4) is 0 Å². The minimum absolute atomic E-state index is 0.0233. The molecule has 0 N–H and O–H groups in total. The number of benzene rings is 1. The molecule has 0 atom stereocenters. The Morgan fingerprint density at radius 1 is 1.07 bits per heavy atom. The van der Waals surface area contributed by atoms with Crippen LogP contribution < -0.4 is 0 Å². The van der Waals surface area contributed by atoms with Crippen LogP contribution in [-0.4, -0.2) is 53.6 Å². The van der Waals surface area contributed by atoms with Gasteiger partial charge in [0.15, 0.2) is 0 Å². The van der Waals surface area contributed by atoms with Crippen molar-refractivity contribution in [3.05, 3.63) is 46.8 Å². The van der Waals surface area contributed by atoms with E-state index in [1.54, 1.807) is 0 Å². The third-order valence-corrected chi connectivity index (χ3v) is 7.18.